The van der Waals surface area contributed by atoms with E-state index in [1.165, 1.54) is 0 Å². The monoisotopic (exact) mass is 184 g/mol. The van der Waals surface area contributed by atoms with E-state index in [2.05, 4.69) is 6.92 Å². The van der Waals surface area contributed by atoms with E-state index in [1.54, 1.807) is 0 Å². The molecule has 0 saturated carbocycles. The van der Waals surface area contributed by atoms with Crippen LogP contribution < -0.4 is 0 Å². The zero-order chi connectivity index (χ0) is 9.16. The standard InChI is InChI=1S/C9H12O4/c1-3-5-4(2)7-9(12-5)13-8(10)6(3)11-7/h3-7,9H,1-2H3/t3-,4+,5+,6?,7?,9?/m1/s1. The van der Waals surface area contributed by atoms with E-state index < -0.39 is 12.4 Å². The van der Waals surface area contributed by atoms with Crippen LogP contribution in [0.3, 0.4) is 0 Å². The van der Waals surface area contributed by atoms with Gasteiger partial charge in [-0.15, -0.1) is 0 Å². The fourth-order valence-corrected chi connectivity index (χ4v) is 2.59. The highest BCUT2D eigenvalue weighted by Crippen LogP contribution is 2.44. The molecule has 0 radical (unpaired) electrons. The Kier molecular flexibility index (Phi) is 1.34. The summed E-state index contributed by atoms with van der Waals surface area (Å²) in [5, 5.41) is 0. The maximum absolute atomic E-state index is 11.3. The molecule has 13 heavy (non-hydrogen) atoms. The molecule has 3 rings (SSSR count). The highest BCUT2D eigenvalue weighted by molar-refractivity contribution is 5.76. The lowest BCUT2D eigenvalue weighted by atomic mass is 9.84. The summed E-state index contributed by atoms with van der Waals surface area (Å²) in [6.07, 6.45) is -0.761. The van der Waals surface area contributed by atoms with Crippen LogP contribution in [0.1, 0.15) is 13.8 Å². The minimum Gasteiger partial charge on any atom is -0.431 e. The Labute approximate surface area is 76.1 Å². The van der Waals surface area contributed by atoms with Crippen molar-refractivity contribution < 1.29 is 19.0 Å². The lowest BCUT2D eigenvalue weighted by Crippen LogP contribution is -2.53. The fourth-order valence-electron chi connectivity index (χ4n) is 2.59. The van der Waals surface area contributed by atoms with E-state index in [9.17, 15) is 4.79 Å². The third kappa shape index (κ3) is 0.802. The lowest BCUT2D eigenvalue weighted by Gasteiger charge is -2.38. The van der Waals surface area contributed by atoms with E-state index in [0.29, 0.717) is 5.92 Å². The molecule has 3 heterocycles. The van der Waals surface area contributed by atoms with Gasteiger partial charge in [-0.25, -0.2) is 4.79 Å². The van der Waals surface area contributed by atoms with Gasteiger partial charge in [0, 0.05) is 11.8 Å². The molecule has 3 unspecified atom stereocenters. The molecule has 6 atom stereocenters. The number of carbonyl (C=O) groups is 1. The molecule has 72 valence electrons. The Morgan fingerprint density at radius 3 is 2.62 bits per heavy atom. The Bertz CT molecular complexity index is 264. The van der Waals surface area contributed by atoms with Gasteiger partial charge in [0.2, 0.25) is 6.29 Å². The molecule has 0 spiro atoms. The van der Waals surface area contributed by atoms with E-state index in [4.69, 9.17) is 14.2 Å². The molecule has 4 heteroatoms. The second-order valence-corrected chi connectivity index (χ2v) is 4.15. The van der Waals surface area contributed by atoms with Crippen LogP contribution in [-0.4, -0.2) is 30.6 Å². The molecular formula is C9H12O4. The van der Waals surface area contributed by atoms with Crippen LogP contribution in [0.2, 0.25) is 0 Å². The molecule has 0 aromatic carbocycles. The van der Waals surface area contributed by atoms with Crippen LogP contribution in [0.4, 0.5) is 0 Å². The van der Waals surface area contributed by atoms with Gasteiger partial charge in [0.15, 0.2) is 6.10 Å². The summed E-state index contributed by atoms with van der Waals surface area (Å²) in [6, 6.07) is 0. The number of ether oxygens (including phenoxy) is 3. The third-order valence-corrected chi connectivity index (χ3v) is 3.36. The van der Waals surface area contributed by atoms with Crippen molar-refractivity contribution in [2.45, 2.75) is 38.4 Å². The summed E-state index contributed by atoms with van der Waals surface area (Å²) in [5.74, 6) is 0.193. The second kappa shape index (κ2) is 2.25. The zero-order valence-electron chi connectivity index (χ0n) is 7.60. The molecule has 0 aromatic heterocycles. The zero-order valence-corrected chi connectivity index (χ0v) is 7.60. The van der Waals surface area contributed by atoms with Gasteiger partial charge in [0.25, 0.3) is 0 Å². The normalized spacial score (nSPS) is 58.2. The first-order valence-electron chi connectivity index (χ1n) is 4.70. The molecule has 3 bridgehead atoms. The molecular weight excluding hydrogens is 172 g/mol. The summed E-state index contributed by atoms with van der Waals surface area (Å²) in [4.78, 5) is 11.3. The molecule has 3 fully saturated rings. The Hall–Kier alpha value is -0.610. The maximum atomic E-state index is 11.3. The van der Waals surface area contributed by atoms with Gasteiger partial charge < -0.3 is 14.2 Å². The number of carbonyl (C=O) groups excluding carboxylic acids is 1. The Morgan fingerprint density at radius 2 is 1.85 bits per heavy atom. The summed E-state index contributed by atoms with van der Waals surface area (Å²) in [7, 11) is 0. The van der Waals surface area contributed by atoms with Gasteiger partial charge >= 0.3 is 5.97 Å². The maximum Gasteiger partial charge on any atom is 0.338 e. The number of hydrogen-bond acceptors (Lipinski definition) is 4. The van der Waals surface area contributed by atoms with E-state index in [-0.39, 0.29) is 24.1 Å². The quantitative estimate of drug-likeness (QED) is 0.508. The predicted molar refractivity (Wildman–Crippen MR) is 41.7 cm³/mol. The van der Waals surface area contributed by atoms with Crippen molar-refractivity contribution in [1.82, 2.24) is 0 Å². The van der Waals surface area contributed by atoms with Gasteiger partial charge in [-0.1, -0.05) is 13.8 Å². The van der Waals surface area contributed by atoms with Crippen molar-refractivity contribution in [3.63, 3.8) is 0 Å². The van der Waals surface area contributed by atoms with Crippen LogP contribution in [0.25, 0.3) is 0 Å². The minimum atomic E-state index is -0.450. The molecule has 3 saturated heterocycles. The van der Waals surface area contributed by atoms with Crippen LogP contribution in [-0.2, 0) is 19.0 Å². The molecule has 0 aliphatic carbocycles. The van der Waals surface area contributed by atoms with Crippen LogP contribution >= 0.6 is 0 Å². The van der Waals surface area contributed by atoms with Crippen molar-refractivity contribution in [2.24, 2.45) is 11.8 Å². The molecule has 0 N–H and O–H groups in total. The largest absolute Gasteiger partial charge is 0.431 e. The van der Waals surface area contributed by atoms with Crippen LogP contribution in [0.5, 0.6) is 0 Å². The molecule has 4 nitrogen and oxygen atoms in total. The van der Waals surface area contributed by atoms with E-state index >= 15 is 0 Å². The predicted octanol–water partition coefficient (Wildman–Crippen LogP) is 0.308. The third-order valence-electron chi connectivity index (χ3n) is 3.36. The molecule has 0 amide bonds. The van der Waals surface area contributed by atoms with Gasteiger partial charge in [-0.3, -0.25) is 0 Å². The van der Waals surface area contributed by atoms with E-state index in [1.807, 2.05) is 6.92 Å². The van der Waals surface area contributed by atoms with Crippen molar-refractivity contribution in [2.75, 3.05) is 0 Å². The smallest absolute Gasteiger partial charge is 0.338 e. The average Bonchev–Trinajstić information content (AvgIpc) is 2.25. The molecule has 3 aliphatic rings. The van der Waals surface area contributed by atoms with Gasteiger partial charge in [-0.2, -0.15) is 0 Å². The van der Waals surface area contributed by atoms with Gasteiger partial charge in [0.1, 0.15) is 6.10 Å². The highest BCUT2D eigenvalue weighted by atomic mass is 16.8. The summed E-state index contributed by atoms with van der Waals surface area (Å²) >= 11 is 0. The topological polar surface area (TPSA) is 44.8 Å². The molecule has 0 aromatic rings. The number of hydrogen-bond donors (Lipinski definition) is 0. The van der Waals surface area contributed by atoms with Crippen LogP contribution in [0.15, 0.2) is 0 Å². The van der Waals surface area contributed by atoms with Crippen molar-refractivity contribution in [3.05, 3.63) is 0 Å². The summed E-state index contributed by atoms with van der Waals surface area (Å²) in [5.41, 5.74) is 0. The average molecular weight is 184 g/mol. The van der Waals surface area contributed by atoms with Crippen LogP contribution in [0, 0.1) is 11.8 Å². The van der Waals surface area contributed by atoms with Gasteiger partial charge in [0.05, 0.1) is 6.10 Å². The minimum absolute atomic E-state index is 0.0381. The number of esters is 1. The van der Waals surface area contributed by atoms with E-state index in [0.717, 1.165) is 0 Å². The highest BCUT2D eigenvalue weighted by Gasteiger charge is 2.59. The first kappa shape index (κ1) is 7.76. The van der Waals surface area contributed by atoms with Gasteiger partial charge in [-0.05, 0) is 0 Å². The van der Waals surface area contributed by atoms with Crippen molar-refractivity contribution in [1.29, 1.82) is 0 Å². The number of rotatable bonds is 0. The SMILES string of the molecule is C[C@@H]1C2OC3C(=O)OC2O[C@H]1[C@H]3C. The second-order valence-electron chi connectivity index (χ2n) is 4.15. The lowest BCUT2D eigenvalue weighted by molar-refractivity contribution is -0.225. The molecule has 3 aliphatic heterocycles. The number of fused-ring (bicyclic) bond motifs is 2. The Balaban J connectivity index is 2.02. The van der Waals surface area contributed by atoms with Crippen molar-refractivity contribution >= 4 is 5.97 Å². The summed E-state index contributed by atoms with van der Waals surface area (Å²) < 4.78 is 16.3. The fraction of sp³-hybridized carbons (Fsp3) is 0.889. The summed E-state index contributed by atoms with van der Waals surface area (Å²) in [6.45, 7) is 4.07. The first-order chi connectivity index (χ1) is 6.18. The first-order valence-corrected chi connectivity index (χ1v) is 4.70. The van der Waals surface area contributed by atoms with Crippen molar-refractivity contribution in [3.8, 4) is 0 Å². The Morgan fingerprint density at radius 1 is 1.08 bits per heavy atom.